The van der Waals surface area contributed by atoms with E-state index >= 15 is 0 Å². The van der Waals surface area contributed by atoms with E-state index in [1.807, 2.05) is 42.5 Å². The van der Waals surface area contributed by atoms with E-state index in [0.717, 1.165) is 55.1 Å². The van der Waals surface area contributed by atoms with Gasteiger partial charge in [0.25, 0.3) is 0 Å². The van der Waals surface area contributed by atoms with Gasteiger partial charge in [0.15, 0.2) is 0 Å². The van der Waals surface area contributed by atoms with Crippen molar-refractivity contribution in [1.29, 1.82) is 0 Å². The standard InChI is InChI=1S/C26H32N4O2/c1-4-28-13-15-29(16-14-28)24-10-9-22(17-19(24)2)27-26(32)18-25-23-8-6-5-7-21(23)11-12-30(25)20(3)31/h5-12,17,25H,4,13-16,18H2,1-3H3,(H,27,32)/t25-/m0/s1. The lowest BCUT2D eigenvalue weighted by Crippen LogP contribution is -2.46. The van der Waals surface area contributed by atoms with E-state index in [-0.39, 0.29) is 24.3 Å². The largest absolute Gasteiger partial charge is 0.369 e. The first-order valence-electron chi connectivity index (χ1n) is 11.4. The molecule has 2 aromatic carbocycles. The fourth-order valence-corrected chi connectivity index (χ4v) is 4.69. The molecule has 2 aliphatic rings. The van der Waals surface area contributed by atoms with E-state index in [0.29, 0.717) is 0 Å². The Hall–Kier alpha value is -3.12. The number of likely N-dealkylation sites (N-methyl/N-ethyl adjacent to an activating group) is 1. The Balaban J connectivity index is 1.44. The Bertz CT molecular complexity index is 1020. The number of hydrogen-bond donors (Lipinski definition) is 1. The zero-order valence-electron chi connectivity index (χ0n) is 19.2. The van der Waals surface area contributed by atoms with Crippen molar-refractivity contribution < 1.29 is 9.59 Å². The molecule has 1 atom stereocenters. The van der Waals surface area contributed by atoms with Gasteiger partial charge in [0.1, 0.15) is 0 Å². The number of hydrogen-bond acceptors (Lipinski definition) is 4. The van der Waals surface area contributed by atoms with Gasteiger partial charge in [0.05, 0.1) is 12.5 Å². The maximum atomic E-state index is 12.9. The van der Waals surface area contributed by atoms with E-state index in [9.17, 15) is 9.59 Å². The van der Waals surface area contributed by atoms with Gasteiger partial charge >= 0.3 is 0 Å². The van der Waals surface area contributed by atoms with Gasteiger partial charge in [0.2, 0.25) is 11.8 Å². The number of nitrogens with one attached hydrogen (secondary N) is 1. The molecule has 6 heteroatoms. The van der Waals surface area contributed by atoms with E-state index < -0.39 is 0 Å². The molecular weight excluding hydrogens is 400 g/mol. The van der Waals surface area contributed by atoms with Crippen LogP contribution in [0.1, 0.15) is 43.0 Å². The smallest absolute Gasteiger partial charge is 0.226 e. The van der Waals surface area contributed by atoms with Crippen LogP contribution in [-0.4, -0.2) is 54.3 Å². The summed E-state index contributed by atoms with van der Waals surface area (Å²) in [5.74, 6) is -0.174. The third kappa shape index (κ3) is 4.70. The monoisotopic (exact) mass is 432 g/mol. The highest BCUT2D eigenvalue weighted by atomic mass is 16.2. The summed E-state index contributed by atoms with van der Waals surface area (Å²) in [5.41, 5.74) is 5.22. The number of amides is 2. The van der Waals surface area contributed by atoms with Crippen molar-refractivity contribution in [1.82, 2.24) is 9.80 Å². The predicted octanol–water partition coefficient (Wildman–Crippen LogP) is 4.04. The number of piperazine rings is 1. The normalized spacial score (nSPS) is 18.4. The summed E-state index contributed by atoms with van der Waals surface area (Å²) in [4.78, 5) is 31.6. The summed E-state index contributed by atoms with van der Waals surface area (Å²) in [5, 5.41) is 3.04. The average Bonchev–Trinajstić information content (AvgIpc) is 2.79. The lowest BCUT2D eigenvalue weighted by Gasteiger charge is -2.36. The van der Waals surface area contributed by atoms with E-state index in [1.54, 1.807) is 11.1 Å². The molecule has 0 unspecified atom stereocenters. The Morgan fingerprint density at radius 3 is 2.50 bits per heavy atom. The minimum absolute atomic E-state index is 0.0723. The molecule has 2 heterocycles. The van der Waals surface area contributed by atoms with E-state index in [1.165, 1.54) is 12.6 Å². The van der Waals surface area contributed by atoms with Crippen molar-refractivity contribution in [3.63, 3.8) is 0 Å². The van der Waals surface area contributed by atoms with Gasteiger partial charge in [-0.3, -0.25) is 9.59 Å². The SMILES string of the molecule is CCN1CCN(c2ccc(NC(=O)C[C@H]3c4ccccc4C=CN3C(C)=O)cc2C)CC1. The molecule has 0 aromatic heterocycles. The second-order valence-electron chi connectivity index (χ2n) is 8.56. The third-order valence-corrected chi connectivity index (χ3v) is 6.49. The quantitative estimate of drug-likeness (QED) is 0.775. The highest BCUT2D eigenvalue weighted by Gasteiger charge is 2.28. The molecule has 1 fully saturated rings. The Morgan fingerprint density at radius 2 is 1.81 bits per heavy atom. The molecule has 32 heavy (non-hydrogen) atoms. The van der Waals surface area contributed by atoms with Gasteiger partial charge in [-0.25, -0.2) is 0 Å². The maximum absolute atomic E-state index is 12.9. The molecule has 2 aliphatic heterocycles. The van der Waals surface area contributed by atoms with Gasteiger partial charge in [-0.05, 0) is 54.4 Å². The van der Waals surface area contributed by atoms with Crippen molar-refractivity contribution in [3.8, 4) is 0 Å². The van der Waals surface area contributed by atoms with Crippen LogP contribution in [-0.2, 0) is 9.59 Å². The van der Waals surface area contributed by atoms with Crippen LogP contribution in [0.15, 0.2) is 48.7 Å². The predicted molar refractivity (Wildman–Crippen MR) is 129 cm³/mol. The maximum Gasteiger partial charge on any atom is 0.226 e. The van der Waals surface area contributed by atoms with Gasteiger partial charge in [-0.2, -0.15) is 0 Å². The van der Waals surface area contributed by atoms with Crippen LogP contribution >= 0.6 is 0 Å². The Kier molecular flexibility index (Phi) is 6.61. The molecule has 0 bridgehead atoms. The minimum atomic E-state index is -0.302. The molecular formula is C26H32N4O2. The second-order valence-corrected chi connectivity index (χ2v) is 8.56. The van der Waals surface area contributed by atoms with Crippen molar-refractivity contribution in [2.24, 2.45) is 0 Å². The van der Waals surface area contributed by atoms with Crippen LogP contribution in [0, 0.1) is 6.92 Å². The summed E-state index contributed by atoms with van der Waals surface area (Å²) in [6, 6.07) is 13.7. The molecule has 6 nitrogen and oxygen atoms in total. The lowest BCUT2D eigenvalue weighted by molar-refractivity contribution is -0.129. The molecule has 2 aromatic rings. The molecule has 0 spiro atoms. The van der Waals surface area contributed by atoms with Crippen LogP contribution in [0.5, 0.6) is 0 Å². The molecule has 0 aliphatic carbocycles. The number of aryl methyl sites for hydroxylation is 1. The number of benzene rings is 2. The van der Waals surface area contributed by atoms with Crippen molar-refractivity contribution >= 4 is 29.3 Å². The summed E-state index contributed by atoms with van der Waals surface area (Å²) >= 11 is 0. The van der Waals surface area contributed by atoms with Crippen LogP contribution in [0.4, 0.5) is 11.4 Å². The van der Waals surface area contributed by atoms with Gasteiger partial charge in [-0.1, -0.05) is 31.2 Å². The minimum Gasteiger partial charge on any atom is -0.369 e. The topological polar surface area (TPSA) is 55.9 Å². The van der Waals surface area contributed by atoms with E-state index in [4.69, 9.17) is 0 Å². The number of fused-ring (bicyclic) bond motifs is 1. The molecule has 168 valence electrons. The van der Waals surface area contributed by atoms with Crippen molar-refractivity contribution in [3.05, 3.63) is 65.4 Å². The lowest BCUT2D eigenvalue weighted by atomic mass is 9.93. The van der Waals surface area contributed by atoms with Crippen LogP contribution in [0.3, 0.4) is 0 Å². The number of nitrogens with zero attached hydrogens (tertiary/aromatic N) is 3. The number of carbonyl (C=O) groups is 2. The van der Waals surface area contributed by atoms with Crippen LogP contribution in [0.2, 0.25) is 0 Å². The highest BCUT2D eigenvalue weighted by Crippen LogP contribution is 2.33. The fraction of sp³-hybridized carbons (Fsp3) is 0.385. The first-order chi connectivity index (χ1) is 15.5. The third-order valence-electron chi connectivity index (χ3n) is 6.49. The molecule has 2 amide bonds. The molecule has 4 rings (SSSR count). The van der Waals surface area contributed by atoms with Crippen LogP contribution < -0.4 is 10.2 Å². The first-order valence-corrected chi connectivity index (χ1v) is 11.4. The van der Waals surface area contributed by atoms with Crippen LogP contribution in [0.25, 0.3) is 6.08 Å². The zero-order valence-corrected chi connectivity index (χ0v) is 19.2. The van der Waals surface area contributed by atoms with E-state index in [2.05, 4.69) is 35.0 Å². The number of carbonyl (C=O) groups excluding carboxylic acids is 2. The summed E-state index contributed by atoms with van der Waals surface area (Å²) < 4.78 is 0. The molecule has 1 N–H and O–H groups in total. The Morgan fingerprint density at radius 1 is 1.06 bits per heavy atom. The van der Waals surface area contributed by atoms with Gasteiger partial charge in [0, 0.05) is 50.7 Å². The first kappa shape index (κ1) is 22.1. The zero-order chi connectivity index (χ0) is 22.7. The van der Waals surface area contributed by atoms with Crippen molar-refractivity contribution in [2.45, 2.75) is 33.2 Å². The molecule has 0 radical (unpaired) electrons. The Labute approximate surface area is 190 Å². The summed E-state index contributed by atoms with van der Waals surface area (Å²) in [6.07, 6.45) is 3.91. The summed E-state index contributed by atoms with van der Waals surface area (Å²) in [7, 11) is 0. The van der Waals surface area contributed by atoms with Crippen molar-refractivity contribution in [2.75, 3.05) is 42.9 Å². The highest BCUT2D eigenvalue weighted by molar-refractivity contribution is 5.92. The van der Waals surface area contributed by atoms with Gasteiger partial charge in [-0.15, -0.1) is 0 Å². The fourth-order valence-electron chi connectivity index (χ4n) is 4.69. The second kappa shape index (κ2) is 9.57. The molecule has 0 saturated carbocycles. The van der Waals surface area contributed by atoms with Gasteiger partial charge < -0.3 is 20.0 Å². The number of anilines is 2. The molecule has 1 saturated heterocycles. The average molecular weight is 433 g/mol. The summed E-state index contributed by atoms with van der Waals surface area (Å²) in [6.45, 7) is 11.1. The number of rotatable bonds is 5.